The Balaban J connectivity index is 2.49. The monoisotopic (exact) mass is 314 g/mol. The molecule has 1 aromatic rings. The van der Waals surface area contributed by atoms with Gasteiger partial charge in [-0.2, -0.15) is 0 Å². The molecule has 0 atom stereocenters. The number of pyridine rings is 1. The summed E-state index contributed by atoms with van der Waals surface area (Å²) in [5.41, 5.74) is 0.433. The molecular weight excluding hydrogens is 292 g/mol. The first-order valence-electron chi connectivity index (χ1n) is 6.93. The molecule has 1 aromatic heterocycles. The van der Waals surface area contributed by atoms with Gasteiger partial charge in [-0.25, -0.2) is 4.98 Å². The lowest BCUT2D eigenvalue weighted by atomic mass is 10.2. The Kier molecular flexibility index (Phi) is 8.04. The number of halogens is 1. The molecule has 0 saturated heterocycles. The molecule has 0 aromatic carbocycles. The van der Waals surface area contributed by atoms with Gasteiger partial charge in [0.1, 0.15) is 5.82 Å². The average Bonchev–Trinajstić information content (AvgIpc) is 2.47. The summed E-state index contributed by atoms with van der Waals surface area (Å²) in [6.07, 6.45) is 1.49. The van der Waals surface area contributed by atoms with E-state index in [4.69, 9.17) is 16.3 Å². The fraction of sp³-hybridized carbons (Fsp3) is 0.571. The summed E-state index contributed by atoms with van der Waals surface area (Å²) in [6, 6.07) is 1.66. The van der Waals surface area contributed by atoms with E-state index in [1.54, 1.807) is 13.2 Å². The maximum Gasteiger partial charge on any atom is 0.253 e. The van der Waals surface area contributed by atoms with Crippen molar-refractivity contribution in [3.63, 3.8) is 0 Å². The van der Waals surface area contributed by atoms with Gasteiger partial charge in [0.2, 0.25) is 0 Å². The van der Waals surface area contributed by atoms with E-state index in [0.717, 1.165) is 19.6 Å². The van der Waals surface area contributed by atoms with Crippen molar-refractivity contribution >= 4 is 23.3 Å². The van der Waals surface area contributed by atoms with E-state index >= 15 is 0 Å². The zero-order chi connectivity index (χ0) is 15.7. The van der Waals surface area contributed by atoms with Gasteiger partial charge in [0, 0.05) is 39.5 Å². The van der Waals surface area contributed by atoms with E-state index in [2.05, 4.69) is 20.5 Å². The molecule has 0 aliphatic heterocycles. The topological polar surface area (TPSA) is 66.5 Å². The number of nitrogens with zero attached hydrogens (tertiary/aromatic N) is 2. The predicted molar refractivity (Wildman–Crippen MR) is 85.1 cm³/mol. The summed E-state index contributed by atoms with van der Waals surface area (Å²) in [6.45, 7) is 5.50. The van der Waals surface area contributed by atoms with Gasteiger partial charge in [-0.3, -0.25) is 4.79 Å². The molecule has 0 fully saturated rings. The van der Waals surface area contributed by atoms with Crippen molar-refractivity contribution < 1.29 is 9.53 Å². The van der Waals surface area contributed by atoms with Gasteiger partial charge in [-0.05, 0) is 20.0 Å². The van der Waals surface area contributed by atoms with E-state index in [0.29, 0.717) is 29.6 Å². The van der Waals surface area contributed by atoms with Crippen molar-refractivity contribution in [2.24, 2.45) is 0 Å². The highest BCUT2D eigenvalue weighted by Gasteiger charge is 2.11. The van der Waals surface area contributed by atoms with Crippen LogP contribution in [-0.4, -0.2) is 62.7 Å². The van der Waals surface area contributed by atoms with Crippen molar-refractivity contribution in [2.75, 3.05) is 52.3 Å². The second-order valence-electron chi connectivity index (χ2n) is 4.63. The summed E-state index contributed by atoms with van der Waals surface area (Å²) >= 11 is 6.02. The van der Waals surface area contributed by atoms with Crippen LogP contribution in [-0.2, 0) is 4.74 Å². The number of rotatable bonds is 9. The van der Waals surface area contributed by atoms with E-state index in [9.17, 15) is 4.79 Å². The second-order valence-corrected chi connectivity index (χ2v) is 5.04. The highest BCUT2D eigenvalue weighted by Crippen LogP contribution is 2.17. The Morgan fingerprint density at radius 3 is 2.90 bits per heavy atom. The number of hydrogen-bond donors (Lipinski definition) is 2. The molecule has 0 saturated carbocycles. The maximum absolute atomic E-state index is 12.1. The summed E-state index contributed by atoms with van der Waals surface area (Å²) in [4.78, 5) is 18.3. The quantitative estimate of drug-likeness (QED) is 0.722. The number of aromatic nitrogens is 1. The standard InChI is InChI=1S/C14H23ClN4O2/c1-4-16-13-9-11(12(15)10-18-13)14(20)17-5-6-19(2)7-8-21-3/h9-10H,4-8H2,1-3H3,(H,16,18)(H,17,20). The molecule has 0 aliphatic rings. The molecule has 0 unspecified atom stereocenters. The number of hydrogen-bond acceptors (Lipinski definition) is 5. The Hall–Kier alpha value is -1.37. The third-order valence-corrected chi connectivity index (χ3v) is 3.22. The predicted octanol–water partition coefficient (Wildman–Crippen LogP) is 1.47. The smallest absolute Gasteiger partial charge is 0.253 e. The zero-order valence-corrected chi connectivity index (χ0v) is 13.5. The number of anilines is 1. The molecule has 2 N–H and O–H groups in total. The van der Waals surface area contributed by atoms with Crippen molar-refractivity contribution in [2.45, 2.75) is 6.92 Å². The first-order valence-corrected chi connectivity index (χ1v) is 7.31. The minimum atomic E-state index is -0.193. The van der Waals surface area contributed by atoms with Crippen molar-refractivity contribution in [1.82, 2.24) is 15.2 Å². The molecular formula is C14H23ClN4O2. The molecule has 0 radical (unpaired) electrons. The van der Waals surface area contributed by atoms with Crippen molar-refractivity contribution in [3.8, 4) is 0 Å². The van der Waals surface area contributed by atoms with Crippen LogP contribution in [0.25, 0.3) is 0 Å². The number of methoxy groups -OCH3 is 1. The normalized spacial score (nSPS) is 10.7. The maximum atomic E-state index is 12.1. The van der Waals surface area contributed by atoms with Gasteiger partial charge in [0.05, 0.1) is 17.2 Å². The van der Waals surface area contributed by atoms with Crippen molar-refractivity contribution in [3.05, 3.63) is 22.8 Å². The molecule has 6 nitrogen and oxygen atoms in total. The van der Waals surface area contributed by atoms with Crippen LogP contribution in [0.1, 0.15) is 17.3 Å². The van der Waals surface area contributed by atoms with Crippen LogP contribution in [0.3, 0.4) is 0 Å². The lowest BCUT2D eigenvalue weighted by Gasteiger charge is -2.16. The number of amides is 1. The van der Waals surface area contributed by atoms with Crippen LogP contribution in [0.5, 0.6) is 0 Å². The molecule has 0 aliphatic carbocycles. The van der Waals surface area contributed by atoms with E-state index < -0.39 is 0 Å². The van der Waals surface area contributed by atoms with Gasteiger partial charge in [-0.15, -0.1) is 0 Å². The highest BCUT2D eigenvalue weighted by molar-refractivity contribution is 6.33. The first kappa shape index (κ1) is 17.7. The van der Waals surface area contributed by atoms with Gasteiger partial charge < -0.3 is 20.3 Å². The third-order valence-electron chi connectivity index (χ3n) is 2.91. The molecule has 118 valence electrons. The summed E-state index contributed by atoms with van der Waals surface area (Å²) in [5.74, 6) is 0.450. The fourth-order valence-electron chi connectivity index (χ4n) is 1.70. The molecule has 1 rings (SSSR count). The van der Waals surface area contributed by atoms with Crippen LogP contribution in [0, 0.1) is 0 Å². The summed E-state index contributed by atoms with van der Waals surface area (Å²) in [5, 5.41) is 6.26. The molecule has 1 amide bonds. The number of carbonyl (C=O) groups is 1. The fourth-order valence-corrected chi connectivity index (χ4v) is 1.89. The van der Waals surface area contributed by atoms with Crippen LogP contribution < -0.4 is 10.6 Å². The third kappa shape index (κ3) is 6.29. The largest absolute Gasteiger partial charge is 0.383 e. The SMILES string of the molecule is CCNc1cc(C(=O)NCCN(C)CCOC)c(Cl)cn1. The molecule has 1 heterocycles. The molecule has 0 bridgehead atoms. The lowest BCUT2D eigenvalue weighted by Crippen LogP contribution is -2.34. The Labute approximate surface area is 130 Å². The number of likely N-dealkylation sites (N-methyl/N-ethyl adjacent to an activating group) is 1. The average molecular weight is 315 g/mol. The lowest BCUT2D eigenvalue weighted by molar-refractivity contribution is 0.0947. The van der Waals surface area contributed by atoms with E-state index in [1.807, 2.05) is 14.0 Å². The van der Waals surface area contributed by atoms with Crippen LogP contribution in [0.4, 0.5) is 5.82 Å². The van der Waals surface area contributed by atoms with Crippen LogP contribution >= 0.6 is 11.6 Å². The second kappa shape index (κ2) is 9.55. The van der Waals surface area contributed by atoms with Gasteiger partial charge >= 0.3 is 0 Å². The number of nitrogens with one attached hydrogen (secondary N) is 2. The minimum Gasteiger partial charge on any atom is -0.383 e. The molecule has 7 heteroatoms. The Morgan fingerprint density at radius 2 is 2.24 bits per heavy atom. The number of ether oxygens (including phenoxy) is 1. The Morgan fingerprint density at radius 1 is 1.48 bits per heavy atom. The van der Waals surface area contributed by atoms with Gasteiger partial charge in [0.15, 0.2) is 0 Å². The summed E-state index contributed by atoms with van der Waals surface area (Å²) < 4.78 is 5.00. The summed E-state index contributed by atoms with van der Waals surface area (Å²) in [7, 11) is 3.65. The molecule has 0 spiro atoms. The van der Waals surface area contributed by atoms with Gasteiger partial charge in [0.25, 0.3) is 5.91 Å². The highest BCUT2D eigenvalue weighted by atomic mass is 35.5. The van der Waals surface area contributed by atoms with Crippen molar-refractivity contribution in [1.29, 1.82) is 0 Å². The molecule has 21 heavy (non-hydrogen) atoms. The van der Waals surface area contributed by atoms with Gasteiger partial charge in [-0.1, -0.05) is 11.6 Å². The first-order chi connectivity index (χ1) is 10.1. The van der Waals surface area contributed by atoms with Crippen LogP contribution in [0.2, 0.25) is 5.02 Å². The zero-order valence-electron chi connectivity index (χ0n) is 12.8. The minimum absolute atomic E-state index is 0.193. The Bertz CT molecular complexity index is 457. The van der Waals surface area contributed by atoms with E-state index in [1.165, 1.54) is 6.20 Å². The number of carbonyl (C=O) groups excluding carboxylic acids is 1. The van der Waals surface area contributed by atoms with E-state index in [-0.39, 0.29) is 5.91 Å². The van der Waals surface area contributed by atoms with Crippen LogP contribution in [0.15, 0.2) is 12.3 Å².